The van der Waals surface area contributed by atoms with E-state index in [0.29, 0.717) is 25.3 Å². The minimum atomic E-state index is -0.0533. The van der Waals surface area contributed by atoms with Crippen LogP contribution in [0.5, 0.6) is 11.5 Å². The fraction of sp³-hybridized carbons (Fsp3) is 0.294. The van der Waals surface area contributed by atoms with Gasteiger partial charge in [-0.05, 0) is 36.8 Å². The van der Waals surface area contributed by atoms with Crippen molar-refractivity contribution in [2.45, 2.75) is 13.5 Å². The molecule has 0 fully saturated rings. The molecule has 114 valence electrons. The van der Waals surface area contributed by atoms with Gasteiger partial charge in [-0.25, -0.2) is 0 Å². The number of carbonyl (C=O) groups is 1. The summed E-state index contributed by atoms with van der Waals surface area (Å²) >= 11 is 0. The Kier molecular flexibility index (Phi) is 3.96. The second kappa shape index (κ2) is 6.05. The third-order valence-corrected chi connectivity index (χ3v) is 3.53. The molecule has 0 aliphatic carbocycles. The van der Waals surface area contributed by atoms with Crippen LogP contribution in [0.1, 0.15) is 21.6 Å². The fourth-order valence-corrected chi connectivity index (χ4v) is 2.35. The molecule has 0 atom stereocenters. The number of hydrogen-bond donors (Lipinski definition) is 0. The molecule has 0 saturated heterocycles. The molecular weight excluding hydrogens is 280 g/mol. The molecule has 0 saturated carbocycles. The molecule has 2 aromatic rings. The van der Waals surface area contributed by atoms with Gasteiger partial charge in [0.25, 0.3) is 5.91 Å². The van der Waals surface area contributed by atoms with Gasteiger partial charge < -0.3 is 14.4 Å². The average molecular weight is 298 g/mol. The van der Waals surface area contributed by atoms with E-state index in [1.807, 2.05) is 31.2 Å². The Labute approximate surface area is 129 Å². The van der Waals surface area contributed by atoms with Crippen molar-refractivity contribution in [3.63, 3.8) is 0 Å². The SMILES string of the molecule is Cc1ccc(C(=O)N(C)Cc2ccc3c(c2)OCCO3)cn1. The lowest BCUT2D eigenvalue weighted by atomic mass is 10.1. The van der Waals surface area contributed by atoms with Gasteiger partial charge in [0.1, 0.15) is 13.2 Å². The number of pyridine rings is 1. The largest absolute Gasteiger partial charge is 0.486 e. The van der Waals surface area contributed by atoms with Crippen molar-refractivity contribution in [3.05, 3.63) is 53.3 Å². The number of nitrogens with zero attached hydrogens (tertiary/aromatic N) is 2. The molecule has 22 heavy (non-hydrogen) atoms. The van der Waals surface area contributed by atoms with Crippen LogP contribution in [0, 0.1) is 6.92 Å². The van der Waals surface area contributed by atoms with Crippen LogP contribution in [-0.4, -0.2) is 36.1 Å². The van der Waals surface area contributed by atoms with E-state index in [-0.39, 0.29) is 5.91 Å². The summed E-state index contributed by atoms with van der Waals surface area (Å²) in [6.07, 6.45) is 1.61. The summed E-state index contributed by atoms with van der Waals surface area (Å²) in [7, 11) is 1.78. The lowest BCUT2D eigenvalue weighted by Gasteiger charge is -2.21. The molecule has 1 aromatic carbocycles. The second-order valence-corrected chi connectivity index (χ2v) is 5.33. The topological polar surface area (TPSA) is 51.7 Å². The molecule has 0 spiro atoms. The van der Waals surface area contributed by atoms with Gasteiger partial charge in [-0.3, -0.25) is 9.78 Å². The number of carbonyl (C=O) groups excluding carboxylic acids is 1. The average Bonchev–Trinajstić information content (AvgIpc) is 2.55. The zero-order chi connectivity index (χ0) is 15.5. The van der Waals surface area contributed by atoms with Gasteiger partial charge in [-0.2, -0.15) is 0 Å². The standard InChI is InChI=1S/C17H18N2O3/c1-12-3-5-14(10-18-12)17(20)19(2)11-13-4-6-15-16(9-13)22-8-7-21-15/h3-6,9-10H,7-8,11H2,1-2H3. The molecule has 0 N–H and O–H groups in total. The van der Waals surface area contributed by atoms with Crippen molar-refractivity contribution in [1.29, 1.82) is 0 Å². The van der Waals surface area contributed by atoms with E-state index in [4.69, 9.17) is 9.47 Å². The maximum absolute atomic E-state index is 12.4. The zero-order valence-electron chi connectivity index (χ0n) is 12.7. The lowest BCUT2D eigenvalue weighted by molar-refractivity contribution is 0.0784. The van der Waals surface area contributed by atoms with Crippen LogP contribution in [0.3, 0.4) is 0 Å². The van der Waals surface area contributed by atoms with Gasteiger partial charge in [0.15, 0.2) is 11.5 Å². The van der Waals surface area contributed by atoms with Crippen LogP contribution in [0.25, 0.3) is 0 Å². The van der Waals surface area contributed by atoms with Crippen LogP contribution < -0.4 is 9.47 Å². The van der Waals surface area contributed by atoms with Gasteiger partial charge in [0.05, 0.1) is 5.56 Å². The first-order valence-corrected chi connectivity index (χ1v) is 7.20. The van der Waals surface area contributed by atoms with Crippen LogP contribution >= 0.6 is 0 Å². The number of ether oxygens (including phenoxy) is 2. The summed E-state index contributed by atoms with van der Waals surface area (Å²) in [4.78, 5) is 18.2. The van der Waals surface area contributed by atoms with Crippen molar-refractivity contribution in [3.8, 4) is 11.5 Å². The first kappa shape index (κ1) is 14.4. The number of hydrogen-bond acceptors (Lipinski definition) is 4. The first-order chi connectivity index (χ1) is 10.6. The third kappa shape index (κ3) is 3.03. The van der Waals surface area contributed by atoms with E-state index in [2.05, 4.69) is 4.98 Å². The summed E-state index contributed by atoms with van der Waals surface area (Å²) < 4.78 is 11.1. The van der Waals surface area contributed by atoms with Crippen molar-refractivity contribution in [2.24, 2.45) is 0 Å². The lowest BCUT2D eigenvalue weighted by Crippen LogP contribution is -2.26. The van der Waals surface area contributed by atoms with E-state index in [1.54, 1.807) is 24.2 Å². The molecule has 1 aliphatic heterocycles. The highest BCUT2D eigenvalue weighted by Gasteiger charge is 2.15. The molecule has 1 aromatic heterocycles. The summed E-state index contributed by atoms with van der Waals surface area (Å²) in [5, 5.41) is 0. The molecule has 0 unspecified atom stereocenters. The monoisotopic (exact) mass is 298 g/mol. The van der Waals surface area contributed by atoms with Crippen LogP contribution in [0.4, 0.5) is 0 Å². The van der Waals surface area contributed by atoms with Crippen molar-refractivity contribution < 1.29 is 14.3 Å². The summed E-state index contributed by atoms with van der Waals surface area (Å²) in [6, 6.07) is 9.39. The Morgan fingerprint density at radius 1 is 1.18 bits per heavy atom. The number of benzene rings is 1. The molecule has 0 bridgehead atoms. The van der Waals surface area contributed by atoms with Crippen molar-refractivity contribution >= 4 is 5.91 Å². The number of fused-ring (bicyclic) bond motifs is 1. The Bertz CT molecular complexity index is 683. The van der Waals surface area contributed by atoms with Gasteiger partial charge >= 0.3 is 0 Å². The van der Waals surface area contributed by atoms with Gasteiger partial charge in [-0.1, -0.05) is 6.07 Å². The normalized spacial score (nSPS) is 12.8. The Hall–Kier alpha value is -2.56. The fourth-order valence-electron chi connectivity index (χ4n) is 2.35. The summed E-state index contributed by atoms with van der Waals surface area (Å²) in [5.41, 5.74) is 2.48. The van der Waals surface area contributed by atoms with Gasteiger partial charge in [-0.15, -0.1) is 0 Å². The highest BCUT2D eigenvalue weighted by molar-refractivity contribution is 5.93. The highest BCUT2D eigenvalue weighted by atomic mass is 16.6. The van der Waals surface area contributed by atoms with E-state index < -0.39 is 0 Å². The first-order valence-electron chi connectivity index (χ1n) is 7.20. The quantitative estimate of drug-likeness (QED) is 0.873. The Balaban J connectivity index is 1.72. The molecule has 0 radical (unpaired) electrons. The smallest absolute Gasteiger partial charge is 0.255 e. The Morgan fingerprint density at radius 3 is 2.68 bits per heavy atom. The Morgan fingerprint density at radius 2 is 1.95 bits per heavy atom. The zero-order valence-corrected chi connectivity index (χ0v) is 12.7. The number of amides is 1. The van der Waals surface area contributed by atoms with Gasteiger partial charge in [0, 0.05) is 25.5 Å². The predicted molar refractivity (Wildman–Crippen MR) is 82.2 cm³/mol. The number of aromatic nitrogens is 1. The molecule has 3 rings (SSSR count). The highest BCUT2D eigenvalue weighted by Crippen LogP contribution is 2.31. The molecular formula is C17H18N2O3. The second-order valence-electron chi connectivity index (χ2n) is 5.33. The summed E-state index contributed by atoms with van der Waals surface area (Å²) in [5.74, 6) is 1.44. The van der Waals surface area contributed by atoms with Crippen molar-refractivity contribution in [2.75, 3.05) is 20.3 Å². The van der Waals surface area contributed by atoms with Gasteiger partial charge in [0.2, 0.25) is 0 Å². The van der Waals surface area contributed by atoms with E-state index in [0.717, 1.165) is 22.8 Å². The molecule has 1 amide bonds. The maximum Gasteiger partial charge on any atom is 0.255 e. The maximum atomic E-state index is 12.4. The minimum Gasteiger partial charge on any atom is -0.486 e. The minimum absolute atomic E-state index is 0.0533. The third-order valence-electron chi connectivity index (χ3n) is 3.53. The molecule has 2 heterocycles. The van der Waals surface area contributed by atoms with E-state index in [1.165, 1.54) is 0 Å². The van der Waals surface area contributed by atoms with E-state index >= 15 is 0 Å². The predicted octanol–water partition coefficient (Wildman–Crippen LogP) is 2.43. The number of aryl methyl sites for hydroxylation is 1. The molecule has 5 nitrogen and oxygen atoms in total. The van der Waals surface area contributed by atoms with Crippen LogP contribution in [-0.2, 0) is 6.54 Å². The van der Waals surface area contributed by atoms with Crippen LogP contribution in [0.2, 0.25) is 0 Å². The van der Waals surface area contributed by atoms with Crippen LogP contribution in [0.15, 0.2) is 36.5 Å². The molecule has 1 aliphatic rings. The summed E-state index contributed by atoms with van der Waals surface area (Å²) in [6.45, 7) is 3.53. The molecule has 5 heteroatoms. The van der Waals surface area contributed by atoms with E-state index in [9.17, 15) is 4.79 Å². The van der Waals surface area contributed by atoms with Crippen molar-refractivity contribution in [1.82, 2.24) is 9.88 Å². The number of rotatable bonds is 3.